The lowest BCUT2D eigenvalue weighted by molar-refractivity contribution is -0.126. The Morgan fingerprint density at radius 3 is 2.94 bits per heavy atom. The van der Waals surface area contributed by atoms with Gasteiger partial charge in [0.05, 0.1) is 6.61 Å². The van der Waals surface area contributed by atoms with Crippen LogP contribution >= 0.6 is 0 Å². The number of anilines is 1. The molecule has 0 spiro atoms. The van der Waals surface area contributed by atoms with Gasteiger partial charge in [0.15, 0.2) is 0 Å². The van der Waals surface area contributed by atoms with Crippen LogP contribution in [0.3, 0.4) is 0 Å². The molecule has 0 fully saturated rings. The fraction of sp³-hybridized carbons (Fsp3) is 0.333. The summed E-state index contributed by atoms with van der Waals surface area (Å²) in [5, 5.41) is 2.51. The Balaban J connectivity index is 2.33. The SMILES string of the molecule is CNC(=O)CN1C(=O)COCc2ccccc21. The van der Waals surface area contributed by atoms with Crippen LogP contribution in [0.25, 0.3) is 0 Å². The minimum Gasteiger partial charge on any atom is -0.367 e. The van der Waals surface area contributed by atoms with Gasteiger partial charge in [-0.2, -0.15) is 0 Å². The summed E-state index contributed by atoms with van der Waals surface area (Å²) in [7, 11) is 1.55. The second-order valence-electron chi connectivity index (χ2n) is 3.77. The van der Waals surface area contributed by atoms with Crippen molar-refractivity contribution in [1.29, 1.82) is 0 Å². The summed E-state index contributed by atoms with van der Waals surface area (Å²) in [5.41, 5.74) is 1.67. The molecule has 0 aromatic heterocycles. The normalized spacial score (nSPS) is 15.1. The molecule has 5 nitrogen and oxygen atoms in total. The van der Waals surface area contributed by atoms with Crippen molar-refractivity contribution >= 4 is 17.5 Å². The van der Waals surface area contributed by atoms with E-state index in [-0.39, 0.29) is 25.0 Å². The third kappa shape index (κ3) is 2.45. The molecule has 2 rings (SSSR count). The highest BCUT2D eigenvalue weighted by molar-refractivity contribution is 6.00. The Hall–Kier alpha value is -1.88. The van der Waals surface area contributed by atoms with Crippen LogP contribution in [0.15, 0.2) is 24.3 Å². The van der Waals surface area contributed by atoms with Gasteiger partial charge in [-0.15, -0.1) is 0 Å². The van der Waals surface area contributed by atoms with Crippen molar-refractivity contribution in [3.05, 3.63) is 29.8 Å². The largest absolute Gasteiger partial charge is 0.367 e. The predicted molar refractivity (Wildman–Crippen MR) is 62.5 cm³/mol. The number of nitrogens with zero attached hydrogens (tertiary/aromatic N) is 1. The number of nitrogens with one attached hydrogen (secondary N) is 1. The van der Waals surface area contributed by atoms with Gasteiger partial charge in [-0.05, 0) is 6.07 Å². The van der Waals surface area contributed by atoms with Gasteiger partial charge >= 0.3 is 0 Å². The molecule has 0 bridgehead atoms. The monoisotopic (exact) mass is 234 g/mol. The van der Waals surface area contributed by atoms with Crippen molar-refractivity contribution in [1.82, 2.24) is 5.32 Å². The average molecular weight is 234 g/mol. The molecule has 1 aromatic rings. The number of hydrogen-bond acceptors (Lipinski definition) is 3. The van der Waals surface area contributed by atoms with E-state index in [4.69, 9.17) is 4.74 Å². The number of benzene rings is 1. The standard InChI is InChI=1S/C12H14N2O3/c1-13-11(15)6-14-10-5-3-2-4-9(10)7-17-8-12(14)16/h2-5H,6-8H2,1H3,(H,13,15). The van der Waals surface area contributed by atoms with Crippen molar-refractivity contribution in [2.45, 2.75) is 6.61 Å². The Morgan fingerprint density at radius 1 is 1.41 bits per heavy atom. The number of fused-ring (bicyclic) bond motifs is 1. The zero-order chi connectivity index (χ0) is 12.3. The molecule has 1 N–H and O–H groups in total. The first-order chi connectivity index (χ1) is 8.22. The second-order valence-corrected chi connectivity index (χ2v) is 3.77. The van der Waals surface area contributed by atoms with Crippen molar-refractivity contribution in [2.24, 2.45) is 0 Å². The highest BCUT2D eigenvalue weighted by Crippen LogP contribution is 2.23. The quantitative estimate of drug-likeness (QED) is 0.800. The molecule has 0 unspecified atom stereocenters. The maximum absolute atomic E-state index is 11.8. The summed E-state index contributed by atoms with van der Waals surface area (Å²) in [6, 6.07) is 7.44. The molecule has 0 radical (unpaired) electrons. The molecule has 1 aliphatic rings. The summed E-state index contributed by atoms with van der Waals surface area (Å²) in [4.78, 5) is 24.7. The molecule has 90 valence electrons. The number of hydrogen-bond donors (Lipinski definition) is 1. The number of likely N-dealkylation sites (N-methyl/N-ethyl adjacent to an activating group) is 1. The van der Waals surface area contributed by atoms with Crippen LogP contribution < -0.4 is 10.2 Å². The fourth-order valence-electron chi connectivity index (χ4n) is 1.75. The van der Waals surface area contributed by atoms with Crippen LogP contribution in [0.1, 0.15) is 5.56 Å². The number of para-hydroxylation sites is 1. The summed E-state index contributed by atoms with van der Waals surface area (Å²) >= 11 is 0. The Bertz CT molecular complexity index is 445. The number of amides is 2. The molecule has 5 heteroatoms. The van der Waals surface area contributed by atoms with Crippen LogP contribution in [-0.2, 0) is 20.9 Å². The van der Waals surface area contributed by atoms with Gasteiger partial charge < -0.3 is 15.0 Å². The lowest BCUT2D eigenvalue weighted by Crippen LogP contribution is -2.40. The van der Waals surface area contributed by atoms with Crippen molar-refractivity contribution in [3.8, 4) is 0 Å². The van der Waals surface area contributed by atoms with E-state index in [2.05, 4.69) is 5.32 Å². The van der Waals surface area contributed by atoms with Crippen molar-refractivity contribution in [3.63, 3.8) is 0 Å². The first kappa shape index (κ1) is 11.6. The minimum atomic E-state index is -0.199. The zero-order valence-electron chi connectivity index (χ0n) is 9.60. The number of ether oxygens (including phenoxy) is 1. The van der Waals surface area contributed by atoms with E-state index in [0.29, 0.717) is 6.61 Å². The highest BCUT2D eigenvalue weighted by Gasteiger charge is 2.23. The Labute approximate surface area is 99.4 Å². The van der Waals surface area contributed by atoms with E-state index in [0.717, 1.165) is 11.3 Å². The first-order valence-electron chi connectivity index (χ1n) is 5.39. The van der Waals surface area contributed by atoms with Crippen LogP contribution in [0.5, 0.6) is 0 Å². The summed E-state index contributed by atoms with van der Waals surface area (Å²) in [5.74, 6) is -0.395. The topological polar surface area (TPSA) is 58.6 Å². The van der Waals surface area contributed by atoms with E-state index in [1.807, 2.05) is 24.3 Å². The number of carbonyl (C=O) groups is 2. The molecule has 0 saturated carbocycles. The molecular formula is C12H14N2O3. The van der Waals surface area contributed by atoms with E-state index in [9.17, 15) is 9.59 Å². The summed E-state index contributed by atoms with van der Waals surface area (Å²) in [6.07, 6.45) is 0. The van der Waals surface area contributed by atoms with Gasteiger partial charge in [0.2, 0.25) is 5.91 Å². The smallest absolute Gasteiger partial charge is 0.253 e. The number of carbonyl (C=O) groups excluding carboxylic acids is 2. The van der Waals surface area contributed by atoms with Crippen LogP contribution in [0.4, 0.5) is 5.69 Å². The molecular weight excluding hydrogens is 220 g/mol. The minimum absolute atomic E-state index is 0.00563. The van der Waals surface area contributed by atoms with Gasteiger partial charge in [0.1, 0.15) is 13.2 Å². The molecule has 17 heavy (non-hydrogen) atoms. The third-order valence-electron chi connectivity index (χ3n) is 2.65. The molecule has 1 aromatic carbocycles. The van der Waals surface area contributed by atoms with Crippen LogP contribution in [-0.4, -0.2) is 32.0 Å². The van der Waals surface area contributed by atoms with Crippen LogP contribution in [0, 0.1) is 0 Å². The van der Waals surface area contributed by atoms with Crippen molar-refractivity contribution in [2.75, 3.05) is 25.1 Å². The predicted octanol–water partition coefficient (Wildman–Crippen LogP) is 0.296. The maximum atomic E-state index is 11.8. The fourth-order valence-corrected chi connectivity index (χ4v) is 1.75. The highest BCUT2D eigenvalue weighted by atomic mass is 16.5. The lowest BCUT2D eigenvalue weighted by atomic mass is 10.1. The summed E-state index contributed by atoms with van der Waals surface area (Å²) < 4.78 is 5.26. The first-order valence-corrected chi connectivity index (χ1v) is 5.39. The van der Waals surface area contributed by atoms with E-state index >= 15 is 0 Å². The molecule has 1 aliphatic heterocycles. The second kappa shape index (κ2) is 4.97. The van der Waals surface area contributed by atoms with Gasteiger partial charge in [0, 0.05) is 18.3 Å². The molecule has 1 heterocycles. The maximum Gasteiger partial charge on any atom is 0.253 e. The van der Waals surface area contributed by atoms with Gasteiger partial charge in [-0.3, -0.25) is 9.59 Å². The van der Waals surface area contributed by atoms with Gasteiger partial charge in [0.25, 0.3) is 5.91 Å². The van der Waals surface area contributed by atoms with Crippen LogP contribution in [0.2, 0.25) is 0 Å². The molecule has 0 saturated heterocycles. The molecule has 0 atom stereocenters. The van der Waals surface area contributed by atoms with E-state index < -0.39 is 0 Å². The molecule has 2 amide bonds. The lowest BCUT2D eigenvalue weighted by Gasteiger charge is -2.21. The Kier molecular flexibility index (Phi) is 3.39. The van der Waals surface area contributed by atoms with Gasteiger partial charge in [-0.25, -0.2) is 0 Å². The summed E-state index contributed by atoms with van der Waals surface area (Å²) in [6.45, 7) is 0.424. The third-order valence-corrected chi connectivity index (χ3v) is 2.65. The van der Waals surface area contributed by atoms with E-state index in [1.165, 1.54) is 4.90 Å². The zero-order valence-corrected chi connectivity index (χ0v) is 9.60. The van der Waals surface area contributed by atoms with Crippen molar-refractivity contribution < 1.29 is 14.3 Å². The van der Waals surface area contributed by atoms with Gasteiger partial charge in [-0.1, -0.05) is 18.2 Å². The number of rotatable bonds is 2. The average Bonchev–Trinajstić information content (AvgIpc) is 2.50. The molecule has 0 aliphatic carbocycles. The van der Waals surface area contributed by atoms with E-state index in [1.54, 1.807) is 7.05 Å². The Morgan fingerprint density at radius 2 is 2.18 bits per heavy atom.